The molecule has 0 unspecified atom stereocenters. The van der Waals surface area contributed by atoms with E-state index in [1.54, 1.807) is 0 Å². The van der Waals surface area contributed by atoms with Crippen molar-refractivity contribution in [3.63, 3.8) is 0 Å². The molecule has 16 aromatic carbocycles. The van der Waals surface area contributed by atoms with E-state index in [1.165, 1.54) is 148 Å². The van der Waals surface area contributed by atoms with Crippen LogP contribution in [0.5, 0.6) is 0 Å². The fraction of sp³-hybridized carbons (Fsp3) is 0. The van der Waals surface area contributed by atoms with Crippen LogP contribution in [-0.4, -0.2) is 0 Å². The zero-order valence-electron chi connectivity index (χ0n) is 45.0. The van der Waals surface area contributed by atoms with Gasteiger partial charge in [0.15, 0.2) is 0 Å². The second-order valence-corrected chi connectivity index (χ2v) is 21.8. The van der Waals surface area contributed by atoms with Crippen molar-refractivity contribution in [3.05, 3.63) is 315 Å². The molecular formula is C82H52. The van der Waals surface area contributed by atoms with E-state index in [0.29, 0.717) is 0 Å². The van der Waals surface area contributed by atoms with Crippen molar-refractivity contribution in [2.75, 3.05) is 0 Å². The molecule has 16 rings (SSSR count). The number of hydrogen-bond donors (Lipinski definition) is 0. The molecule has 0 nitrogen and oxygen atoms in total. The van der Waals surface area contributed by atoms with Gasteiger partial charge in [-0.15, -0.1) is 0 Å². The zero-order valence-corrected chi connectivity index (χ0v) is 45.0. The topological polar surface area (TPSA) is 0 Å². The summed E-state index contributed by atoms with van der Waals surface area (Å²) in [6.45, 7) is 0. The maximum atomic E-state index is 2.49. The van der Waals surface area contributed by atoms with Gasteiger partial charge in [-0.1, -0.05) is 261 Å². The van der Waals surface area contributed by atoms with Crippen LogP contribution in [0.15, 0.2) is 315 Å². The number of rotatable bonds is 8. The molecule has 0 heteroatoms. The SMILES string of the molecule is c1ccc(-c2ccc3cc(-c4cc(-c5cc(-c6c7ccccc7c(-c7ccccc7)c7ccccc67)cc(-c6c7ccccc7c(-c7ccccc7)c7ccccc67)c5)cc(-c5cc6ccccc6c6ccccc56)c4)ccc3c2)cc1. The molecule has 0 bridgehead atoms. The highest BCUT2D eigenvalue weighted by Gasteiger charge is 2.22. The molecule has 380 valence electrons. The van der Waals surface area contributed by atoms with Crippen molar-refractivity contribution in [1.29, 1.82) is 0 Å². The van der Waals surface area contributed by atoms with Gasteiger partial charge in [0.1, 0.15) is 0 Å². The first-order chi connectivity index (χ1) is 40.7. The maximum Gasteiger partial charge on any atom is -0.00259 e. The summed E-state index contributed by atoms with van der Waals surface area (Å²) in [5.74, 6) is 0. The molecule has 0 saturated carbocycles. The normalized spacial score (nSPS) is 11.7. The molecule has 0 fully saturated rings. The van der Waals surface area contributed by atoms with Crippen LogP contribution in [0.3, 0.4) is 0 Å². The minimum absolute atomic E-state index is 1.15. The van der Waals surface area contributed by atoms with E-state index in [9.17, 15) is 0 Å². The Bertz CT molecular complexity index is 4890. The molecule has 0 saturated heterocycles. The van der Waals surface area contributed by atoms with E-state index in [1.807, 2.05) is 0 Å². The van der Waals surface area contributed by atoms with E-state index < -0.39 is 0 Å². The first kappa shape index (κ1) is 47.3. The lowest BCUT2D eigenvalue weighted by Gasteiger charge is -2.21. The highest BCUT2D eigenvalue weighted by atomic mass is 14.3. The highest BCUT2D eigenvalue weighted by molar-refractivity contribution is 6.24. The van der Waals surface area contributed by atoms with Crippen molar-refractivity contribution >= 4 is 75.4 Å². The highest BCUT2D eigenvalue weighted by Crippen LogP contribution is 2.50. The summed E-state index contributed by atoms with van der Waals surface area (Å²) >= 11 is 0. The van der Waals surface area contributed by atoms with Gasteiger partial charge < -0.3 is 0 Å². The summed E-state index contributed by atoms with van der Waals surface area (Å²) in [5, 5.41) is 17.2. The minimum atomic E-state index is 1.15. The monoisotopic (exact) mass is 1040 g/mol. The van der Waals surface area contributed by atoms with Crippen LogP contribution >= 0.6 is 0 Å². The van der Waals surface area contributed by atoms with Gasteiger partial charge >= 0.3 is 0 Å². The summed E-state index contributed by atoms with van der Waals surface area (Å²) in [6, 6.07) is 118. The summed E-state index contributed by atoms with van der Waals surface area (Å²) in [5.41, 5.74) is 19.2. The van der Waals surface area contributed by atoms with Crippen LogP contribution in [0.4, 0.5) is 0 Å². The van der Waals surface area contributed by atoms with Crippen molar-refractivity contribution in [2.24, 2.45) is 0 Å². The van der Waals surface area contributed by atoms with Crippen LogP contribution in [0.2, 0.25) is 0 Å². The van der Waals surface area contributed by atoms with Gasteiger partial charge in [0, 0.05) is 0 Å². The first-order valence-electron chi connectivity index (χ1n) is 28.5. The van der Waals surface area contributed by atoms with Gasteiger partial charge in [-0.3, -0.25) is 0 Å². The third kappa shape index (κ3) is 7.99. The number of benzene rings is 16. The quantitative estimate of drug-likeness (QED) is 0.105. The Labute approximate surface area is 477 Å². The maximum absolute atomic E-state index is 2.49. The van der Waals surface area contributed by atoms with E-state index in [0.717, 1.165) is 16.7 Å². The molecule has 0 atom stereocenters. The van der Waals surface area contributed by atoms with E-state index >= 15 is 0 Å². The average molecular weight is 1040 g/mol. The molecule has 0 radical (unpaired) electrons. The Morgan fingerprint density at radius 1 is 0.122 bits per heavy atom. The van der Waals surface area contributed by atoms with Gasteiger partial charge in [-0.05, 0) is 219 Å². The molecule has 0 amide bonds. The van der Waals surface area contributed by atoms with Gasteiger partial charge in [0.05, 0.1) is 0 Å². The van der Waals surface area contributed by atoms with Crippen LogP contribution in [0.25, 0.3) is 164 Å². The molecule has 0 aliphatic heterocycles. The molecule has 0 heterocycles. The van der Waals surface area contributed by atoms with E-state index in [4.69, 9.17) is 0 Å². The summed E-state index contributed by atoms with van der Waals surface area (Å²) in [7, 11) is 0. The summed E-state index contributed by atoms with van der Waals surface area (Å²) in [6.07, 6.45) is 0. The van der Waals surface area contributed by atoms with Gasteiger partial charge in [-0.2, -0.15) is 0 Å². The predicted molar refractivity (Wildman–Crippen MR) is 352 cm³/mol. The molecule has 0 N–H and O–H groups in total. The third-order valence-electron chi connectivity index (χ3n) is 17.1. The van der Waals surface area contributed by atoms with Crippen LogP contribution < -0.4 is 0 Å². The van der Waals surface area contributed by atoms with Crippen molar-refractivity contribution in [1.82, 2.24) is 0 Å². The smallest absolute Gasteiger partial charge is 0.00259 e. The molecule has 16 aromatic rings. The van der Waals surface area contributed by atoms with Gasteiger partial charge in [0.2, 0.25) is 0 Å². The Morgan fingerprint density at radius 2 is 0.415 bits per heavy atom. The summed E-state index contributed by atoms with van der Waals surface area (Å²) < 4.78 is 0. The Balaban J connectivity index is 1.01. The predicted octanol–water partition coefficient (Wildman–Crippen LogP) is 23.1. The molecular weight excluding hydrogens is 985 g/mol. The molecule has 0 aliphatic rings. The second kappa shape index (κ2) is 19.6. The average Bonchev–Trinajstić information content (AvgIpc) is 3.73. The van der Waals surface area contributed by atoms with Crippen LogP contribution in [0, 0.1) is 0 Å². The minimum Gasteiger partial charge on any atom is -0.0622 e. The molecule has 0 spiro atoms. The lowest BCUT2D eigenvalue weighted by atomic mass is 9.82. The zero-order chi connectivity index (χ0) is 54.1. The lowest BCUT2D eigenvalue weighted by molar-refractivity contribution is 1.58. The largest absolute Gasteiger partial charge is 0.0622 e. The summed E-state index contributed by atoms with van der Waals surface area (Å²) in [4.78, 5) is 0. The van der Waals surface area contributed by atoms with Crippen LogP contribution in [0.1, 0.15) is 0 Å². The standard InChI is InChI=1S/C82H52/c1-4-22-53(23-5-1)56-40-41-58-45-59(43-42-57(58)44-56)61-46-62(48-64(47-61)78-52-60-28-10-11-29-67(60)68-30-12-13-31-69(68)78)63-49-65(81-74-36-18-14-32-70(74)79(54-24-6-2-7-25-54)71-33-15-19-37-75(71)81)51-66(50-63)82-76-38-20-16-34-72(76)80(55-26-8-3-9-27-55)73-35-17-21-39-77(73)82/h1-52H. The number of hydrogen-bond acceptors (Lipinski definition) is 0. The van der Waals surface area contributed by atoms with Gasteiger partial charge in [-0.25, -0.2) is 0 Å². The first-order valence-corrected chi connectivity index (χ1v) is 28.5. The number of fused-ring (bicyclic) bond motifs is 8. The van der Waals surface area contributed by atoms with Gasteiger partial charge in [0.25, 0.3) is 0 Å². The van der Waals surface area contributed by atoms with Crippen molar-refractivity contribution in [3.8, 4) is 89.0 Å². The fourth-order valence-corrected chi connectivity index (χ4v) is 13.4. The van der Waals surface area contributed by atoms with Crippen molar-refractivity contribution < 1.29 is 0 Å². The lowest BCUT2D eigenvalue weighted by Crippen LogP contribution is -1.94. The Morgan fingerprint density at radius 3 is 0.854 bits per heavy atom. The second-order valence-electron chi connectivity index (χ2n) is 21.8. The third-order valence-corrected chi connectivity index (χ3v) is 17.1. The van der Waals surface area contributed by atoms with E-state index in [2.05, 4.69) is 315 Å². The van der Waals surface area contributed by atoms with E-state index in [-0.39, 0.29) is 0 Å². The van der Waals surface area contributed by atoms with Crippen LogP contribution in [-0.2, 0) is 0 Å². The fourth-order valence-electron chi connectivity index (χ4n) is 13.4. The van der Waals surface area contributed by atoms with Crippen molar-refractivity contribution in [2.45, 2.75) is 0 Å². The molecule has 82 heavy (non-hydrogen) atoms. The Hall–Kier alpha value is -10.7. The molecule has 0 aromatic heterocycles. The molecule has 0 aliphatic carbocycles. The Kier molecular flexibility index (Phi) is 11.3.